The van der Waals surface area contributed by atoms with E-state index in [9.17, 15) is 8.78 Å². The second-order valence-corrected chi connectivity index (χ2v) is 2.82. The first-order valence-electron chi connectivity index (χ1n) is 3.92. The van der Waals surface area contributed by atoms with Gasteiger partial charge in [0.05, 0.1) is 0 Å². The summed E-state index contributed by atoms with van der Waals surface area (Å²) in [5.41, 5.74) is -0.0889. The molecule has 0 aliphatic heterocycles. The zero-order chi connectivity index (χ0) is 10.8. The lowest BCUT2D eigenvalue weighted by Gasteiger charge is -2.15. The van der Waals surface area contributed by atoms with Crippen molar-refractivity contribution in [3.8, 4) is 5.75 Å². The van der Waals surface area contributed by atoms with E-state index < -0.39 is 13.2 Å². The second-order valence-electron chi connectivity index (χ2n) is 2.82. The summed E-state index contributed by atoms with van der Waals surface area (Å²) in [5.74, 6) is -0.241. The number of hydrogen-bond donors (Lipinski definition) is 2. The smallest absolute Gasteiger partial charge is 0.433 e. The van der Waals surface area contributed by atoms with Crippen LogP contribution in [0, 0.1) is 0 Å². The predicted molar refractivity (Wildman–Crippen MR) is 47.5 cm³/mol. The molecule has 0 bridgehead atoms. The molecule has 1 aromatic carbocycles. The Kier molecular flexibility index (Phi) is 3.08. The van der Waals surface area contributed by atoms with Gasteiger partial charge in [-0.1, -0.05) is 18.2 Å². The molecule has 0 heterocycles. The van der Waals surface area contributed by atoms with Crippen LogP contribution in [-0.2, 0) is 0 Å². The van der Waals surface area contributed by atoms with E-state index in [0.717, 1.165) is 0 Å². The van der Waals surface area contributed by atoms with E-state index in [2.05, 4.69) is 4.74 Å². The molecular weight excluding hydrogens is 193 g/mol. The van der Waals surface area contributed by atoms with Crippen molar-refractivity contribution in [2.75, 3.05) is 0 Å². The van der Waals surface area contributed by atoms with Crippen molar-refractivity contribution in [1.29, 1.82) is 0 Å². The third-order valence-corrected chi connectivity index (χ3v) is 1.49. The molecule has 0 unspecified atom stereocenters. The van der Waals surface area contributed by atoms with Gasteiger partial charge in [-0.05, 0) is 6.07 Å². The second kappa shape index (κ2) is 3.94. The maximum absolute atomic E-state index is 12.5. The van der Waals surface area contributed by atoms with Gasteiger partial charge in [0.25, 0.3) is 0 Å². The third-order valence-electron chi connectivity index (χ3n) is 1.49. The molecule has 0 atom stereocenters. The van der Waals surface area contributed by atoms with Crippen LogP contribution in [0.4, 0.5) is 8.78 Å². The van der Waals surface area contributed by atoms with Gasteiger partial charge in [-0.15, -0.1) is 0 Å². The van der Waals surface area contributed by atoms with E-state index >= 15 is 0 Å². The van der Waals surface area contributed by atoms with E-state index in [-0.39, 0.29) is 11.2 Å². The fourth-order valence-electron chi connectivity index (χ4n) is 0.980. The Labute approximate surface area is 80.1 Å². The highest BCUT2D eigenvalue weighted by Crippen LogP contribution is 2.18. The Morgan fingerprint density at radius 2 is 1.86 bits per heavy atom. The maximum Gasteiger partial charge on any atom is 0.492 e. The average molecular weight is 202 g/mol. The monoisotopic (exact) mass is 202 g/mol. The fourth-order valence-corrected chi connectivity index (χ4v) is 0.980. The molecule has 0 amide bonds. The van der Waals surface area contributed by atoms with Crippen LogP contribution in [0.15, 0.2) is 24.3 Å². The summed E-state index contributed by atoms with van der Waals surface area (Å²) in [5, 5.41) is 17.7. The van der Waals surface area contributed by atoms with Crippen LogP contribution in [0.2, 0.25) is 0 Å². The molecule has 14 heavy (non-hydrogen) atoms. The molecule has 2 N–H and O–H groups in total. The standard InChI is InChI=1S/C8H9BF2O3/c1-8(10,11)14-7-5-3-2-4-6(7)9(12)13/h2-5,12-13H,1H3. The van der Waals surface area contributed by atoms with Crippen molar-refractivity contribution in [1.82, 2.24) is 0 Å². The van der Waals surface area contributed by atoms with Gasteiger partial charge in [0.2, 0.25) is 0 Å². The minimum atomic E-state index is -3.34. The van der Waals surface area contributed by atoms with Gasteiger partial charge in [0.1, 0.15) is 5.75 Å². The highest BCUT2D eigenvalue weighted by Gasteiger charge is 2.26. The highest BCUT2D eigenvalue weighted by atomic mass is 19.3. The first kappa shape index (κ1) is 10.9. The first-order chi connectivity index (χ1) is 6.40. The molecule has 0 spiro atoms. The van der Waals surface area contributed by atoms with Gasteiger partial charge in [-0.2, -0.15) is 8.78 Å². The Hall–Kier alpha value is -1.14. The van der Waals surface area contributed by atoms with Gasteiger partial charge >= 0.3 is 13.2 Å². The molecule has 0 aromatic heterocycles. The number of hydrogen-bond acceptors (Lipinski definition) is 3. The number of ether oxygens (including phenoxy) is 1. The number of alkyl halides is 2. The van der Waals surface area contributed by atoms with Gasteiger partial charge in [0.15, 0.2) is 0 Å². The van der Waals surface area contributed by atoms with E-state index in [1.54, 1.807) is 0 Å². The highest BCUT2D eigenvalue weighted by molar-refractivity contribution is 6.59. The minimum Gasteiger partial charge on any atom is -0.433 e. The van der Waals surface area contributed by atoms with Crippen LogP contribution in [0.3, 0.4) is 0 Å². The Morgan fingerprint density at radius 1 is 1.29 bits per heavy atom. The first-order valence-corrected chi connectivity index (χ1v) is 3.92. The Balaban J connectivity index is 2.96. The van der Waals surface area contributed by atoms with Crippen molar-refractivity contribution in [2.24, 2.45) is 0 Å². The molecule has 0 fully saturated rings. The number of benzene rings is 1. The van der Waals surface area contributed by atoms with Crippen LogP contribution in [0.25, 0.3) is 0 Å². The van der Waals surface area contributed by atoms with Crippen molar-refractivity contribution in [2.45, 2.75) is 13.0 Å². The number of para-hydroxylation sites is 1. The normalized spacial score (nSPS) is 11.2. The van der Waals surface area contributed by atoms with E-state index in [0.29, 0.717) is 6.92 Å². The van der Waals surface area contributed by atoms with Crippen molar-refractivity contribution < 1.29 is 23.6 Å². The molecule has 0 saturated heterocycles. The van der Waals surface area contributed by atoms with Crippen molar-refractivity contribution in [3.63, 3.8) is 0 Å². The number of rotatable bonds is 3. The molecule has 0 saturated carbocycles. The van der Waals surface area contributed by atoms with E-state index in [1.165, 1.54) is 24.3 Å². The van der Waals surface area contributed by atoms with Gasteiger partial charge in [-0.3, -0.25) is 0 Å². The maximum atomic E-state index is 12.5. The Bertz CT molecular complexity index is 312. The zero-order valence-electron chi connectivity index (χ0n) is 7.45. The zero-order valence-corrected chi connectivity index (χ0v) is 7.45. The average Bonchev–Trinajstić information content (AvgIpc) is 2.01. The molecule has 1 rings (SSSR count). The lowest BCUT2D eigenvalue weighted by molar-refractivity contribution is -0.158. The summed E-state index contributed by atoms with van der Waals surface area (Å²) in [6, 6.07) is 5.50. The summed E-state index contributed by atoms with van der Waals surface area (Å²) in [6.45, 7) is 0.577. The summed E-state index contributed by atoms with van der Waals surface area (Å²) >= 11 is 0. The van der Waals surface area contributed by atoms with Crippen molar-refractivity contribution in [3.05, 3.63) is 24.3 Å². The molecule has 0 radical (unpaired) electrons. The summed E-state index contributed by atoms with van der Waals surface area (Å²) in [6.07, 6.45) is -3.34. The SMILES string of the molecule is CC(F)(F)Oc1ccccc1B(O)O. The third kappa shape index (κ3) is 2.97. The predicted octanol–water partition coefficient (Wildman–Crippen LogP) is 0.358. The minimum absolute atomic E-state index is 0.0889. The largest absolute Gasteiger partial charge is 0.492 e. The van der Waals surface area contributed by atoms with Crippen LogP contribution >= 0.6 is 0 Å². The molecule has 1 aromatic rings. The lowest BCUT2D eigenvalue weighted by atomic mass is 9.79. The van der Waals surface area contributed by atoms with Crippen LogP contribution < -0.4 is 10.2 Å². The van der Waals surface area contributed by atoms with Gasteiger partial charge in [-0.25, -0.2) is 0 Å². The Morgan fingerprint density at radius 3 is 2.36 bits per heavy atom. The van der Waals surface area contributed by atoms with Crippen LogP contribution in [0.5, 0.6) is 5.75 Å². The lowest BCUT2D eigenvalue weighted by Crippen LogP contribution is -2.33. The molecule has 3 nitrogen and oxygen atoms in total. The van der Waals surface area contributed by atoms with Gasteiger partial charge < -0.3 is 14.8 Å². The topological polar surface area (TPSA) is 49.7 Å². The quantitative estimate of drug-likeness (QED) is 0.695. The summed E-state index contributed by atoms with van der Waals surface area (Å²) < 4.78 is 29.2. The number of halogens is 2. The van der Waals surface area contributed by atoms with E-state index in [1.807, 2.05) is 0 Å². The van der Waals surface area contributed by atoms with Crippen LogP contribution in [-0.4, -0.2) is 23.3 Å². The van der Waals surface area contributed by atoms with Crippen molar-refractivity contribution >= 4 is 12.6 Å². The van der Waals surface area contributed by atoms with E-state index in [4.69, 9.17) is 10.0 Å². The summed E-state index contributed by atoms with van der Waals surface area (Å²) in [7, 11) is -1.83. The molecule has 6 heteroatoms. The molecule has 0 aliphatic carbocycles. The van der Waals surface area contributed by atoms with Crippen LogP contribution in [0.1, 0.15) is 6.92 Å². The molecule has 0 aliphatic rings. The van der Waals surface area contributed by atoms with Gasteiger partial charge in [0, 0.05) is 12.4 Å². The molecular formula is C8H9BF2O3. The summed E-state index contributed by atoms with van der Waals surface area (Å²) in [4.78, 5) is 0. The molecule has 76 valence electrons. The fraction of sp³-hybridized carbons (Fsp3) is 0.250.